The van der Waals surface area contributed by atoms with Crippen LogP contribution in [0, 0.1) is 0 Å². The minimum Gasteiger partial charge on any atom is -0.323 e. The summed E-state index contributed by atoms with van der Waals surface area (Å²) < 4.78 is 0. The highest BCUT2D eigenvalue weighted by Gasteiger charge is 2.21. The van der Waals surface area contributed by atoms with Gasteiger partial charge in [0.2, 0.25) is 0 Å². The first-order valence-corrected chi connectivity index (χ1v) is 4.66. The maximum absolute atomic E-state index is 11.3. The number of nitrogens with two attached hydrogens (primary N) is 1. The topological polar surface area (TPSA) is 55.4 Å². The number of ketones is 1. The highest BCUT2D eigenvalue weighted by molar-refractivity contribution is 6.31. The molecular formula is C10H9ClN2O. The normalized spacial score (nSPS) is 18.4. The third-order valence-corrected chi connectivity index (χ3v) is 2.53. The van der Waals surface area contributed by atoms with Gasteiger partial charge in [-0.05, 0) is 17.7 Å². The van der Waals surface area contributed by atoms with Crippen molar-refractivity contribution >= 4 is 23.1 Å². The predicted molar refractivity (Wildman–Crippen MR) is 55.5 cm³/mol. The van der Waals surface area contributed by atoms with Gasteiger partial charge in [-0.2, -0.15) is 5.10 Å². The van der Waals surface area contributed by atoms with Gasteiger partial charge in [-0.1, -0.05) is 17.7 Å². The number of hydrogen-bond donors (Lipinski definition) is 1. The molecule has 0 spiro atoms. The van der Waals surface area contributed by atoms with Gasteiger partial charge in [0.15, 0.2) is 0 Å². The van der Waals surface area contributed by atoms with Crippen molar-refractivity contribution in [2.45, 2.75) is 12.8 Å². The van der Waals surface area contributed by atoms with Crippen LogP contribution in [0.1, 0.15) is 17.5 Å². The lowest BCUT2D eigenvalue weighted by Crippen LogP contribution is -2.21. The van der Waals surface area contributed by atoms with Gasteiger partial charge >= 0.3 is 0 Å². The molecule has 0 saturated carbocycles. The molecule has 0 unspecified atom stereocenters. The van der Waals surface area contributed by atoms with Crippen LogP contribution in [-0.2, 0) is 11.2 Å². The van der Waals surface area contributed by atoms with E-state index in [4.69, 9.17) is 17.4 Å². The number of carbonyl (C=O) groups excluding carboxylic acids is 1. The van der Waals surface area contributed by atoms with Crippen molar-refractivity contribution in [3.63, 3.8) is 0 Å². The molecule has 0 aromatic heterocycles. The van der Waals surface area contributed by atoms with Crippen LogP contribution >= 0.6 is 11.6 Å². The number of carbonyl (C=O) groups is 1. The Morgan fingerprint density at radius 3 is 2.86 bits per heavy atom. The highest BCUT2D eigenvalue weighted by atomic mass is 35.5. The molecule has 4 heteroatoms. The molecule has 0 heterocycles. The van der Waals surface area contributed by atoms with E-state index in [9.17, 15) is 4.79 Å². The van der Waals surface area contributed by atoms with E-state index in [-0.39, 0.29) is 5.78 Å². The summed E-state index contributed by atoms with van der Waals surface area (Å²) >= 11 is 5.85. The number of fused-ring (bicyclic) bond motifs is 1. The van der Waals surface area contributed by atoms with Gasteiger partial charge < -0.3 is 5.84 Å². The molecule has 0 fully saturated rings. The van der Waals surface area contributed by atoms with Crippen LogP contribution in [0.3, 0.4) is 0 Å². The molecule has 0 aliphatic heterocycles. The molecule has 2 N–H and O–H groups in total. The van der Waals surface area contributed by atoms with Crippen LogP contribution in [0.15, 0.2) is 23.3 Å². The minimum absolute atomic E-state index is 0.143. The maximum Gasteiger partial charge on any atom is 0.143 e. The second-order valence-electron chi connectivity index (χ2n) is 3.27. The number of hydrogen-bond acceptors (Lipinski definition) is 3. The molecule has 1 aromatic carbocycles. The second-order valence-corrected chi connectivity index (χ2v) is 3.71. The van der Waals surface area contributed by atoms with Crippen molar-refractivity contribution in [2.75, 3.05) is 0 Å². The molecule has 2 rings (SSSR count). The van der Waals surface area contributed by atoms with Gasteiger partial charge in [0.1, 0.15) is 5.78 Å². The molecule has 72 valence electrons. The number of nitrogens with zero attached hydrogens (tertiary/aromatic N) is 1. The summed E-state index contributed by atoms with van der Waals surface area (Å²) in [5.41, 5.74) is 2.48. The van der Waals surface area contributed by atoms with Crippen LogP contribution in [0.5, 0.6) is 0 Å². The van der Waals surface area contributed by atoms with E-state index in [0.717, 1.165) is 11.1 Å². The van der Waals surface area contributed by atoms with E-state index >= 15 is 0 Å². The van der Waals surface area contributed by atoms with E-state index < -0.39 is 0 Å². The Balaban J connectivity index is 2.57. The lowest BCUT2D eigenvalue weighted by Gasteiger charge is -2.16. The number of Topliss-reactive ketones (excluding diaryl/α,β-unsaturated/α-hetero) is 1. The van der Waals surface area contributed by atoms with Crippen LogP contribution in [0.4, 0.5) is 0 Å². The van der Waals surface area contributed by atoms with Gasteiger partial charge in [-0.3, -0.25) is 4.79 Å². The number of hydrazone groups is 1. The van der Waals surface area contributed by atoms with E-state index in [1.54, 1.807) is 12.1 Å². The Hall–Kier alpha value is -1.35. The SMILES string of the molecule is NN=C1CC(=O)Cc2ccc(Cl)cc21. The molecule has 0 atom stereocenters. The van der Waals surface area contributed by atoms with Crippen LogP contribution in [0.25, 0.3) is 0 Å². The summed E-state index contributed by atoms with van der Waals surface area (Å²) in [4.78, 5) is 11.3. The molecule has 1 aromatic rings. The fourth-order valence-corrected chi connectivity index (χ4v) is 1.82. The van der Waals surface area contributed by atoms with E-state index in [2.05, 4.69) is 5.10 Å². The first-order valence-electron chi connectivity index (χ1n) is 4.28. The third kappa shape index (κ3) is 1.51. The summed E-state index contributed by atoms with van der Waals surface area (Å²) in [5.74, 6) is 5.37. The van der Waals surface area contributed by atoms with Crippen molar-refractivity contribution in [3.05, 3.63) is 34.3 Å². The van der Waals surface area contributed by atoms with Gasteiger partial charge in [-0.15, -0.1) is 0 Å². The predicted octanol–water partition coefficient (Wildman–Crippen LogP) is 1.52. The fraction of sp³-hybridized carbons (Fsp3) is 0.200. The van der Waals surface area contributed by atoms with Crippen molar-refractivity contribution < 1.29 is 4.79 Å². The number of benzene rings is 1. The van der Waals surface area contributed by atoms with Crippen molar-refractivity contribution in [2.24, 2.45) is 10.9 Å². The highest BCUT2D eigenvalue weighted by Crippen LogP contribution is 2.23. The Morgan fingerprint density at radius 1 is 1.36 bits per heavy atom. The average molecular weight is 209 g/mol. The summed E-state index contributed by atoms with van der Waals surface area (Å²) in [5, 5.41) is 4.26. The van der Waals surface area contributed by atoms with E-state index in [1.165, 1.54) is 0 Å². The van der Waals surface area contributed by atoms with Gasteiger partial charge in [0.25, 0.3) is 0 Å². The average Bonchev–Trinajstić information content (AvgIpc) is 2.17. The van der Waals surface area contributed by atoms with Gasteiger partial charge in [-0.25, -0.2) is 0 Å². The standard InChI is InChI=1S/C10H9ClN2O/c11-7-2-1-6-3-8(14)5-10(13-12)9(6)4-7/h1-2,4H,3,5,12H2. The molecule has 1 aliphatic rings. The Labute approximate surface area is 86.6 Å². The van der Waals surface area contributed by atoms with E-state index in [1.807, 2.05) is 6.07 Å². The lowest BCUT2D eigenvalue weighted by atomic mass is 9.89. The molecular weight excluding hydrogens is 200 g/mol. The molecule has 0 radical (unpaired) electrons. The zero-order valence-electron chi connectivity index (χ0n) is 7.46. The summed E-state index contributed by atoms with van der Waals surface area (Å²) in [7, 11) is 0. The number of rotatable bonds is 0. The summed E-state index contributed by atoms with van der Waals surface area (Å²) in [6.45, 7) is 0. The Morgan fingerprint density at radius 2 is 2.14 bits per heavy atom. The molecule has 1 aliphatic carbocycles. The zero-order chi connectivity index (χ0) is 10.1. The molecule has 14 heavy (non-hydrogen) atoms. The molecule has 0 saturated heterocycles. The smallest absolute Gasteiger partial charge is 0.143 e. The first kappa shape index (κ1) is 9.21. The van der Waals surface area contributed by atoms with Crippen LogP contribution < -0.4 is 5.84 Å². The van der Waals surface area contributed by atoms with Crippen molar-refractivity contribution in [3.8, 4) is 0 Å². The van der Waals surface area contributed by atoms with Crippen LogP contribution in [-0.4, -0.2) is 11.5 Å². The Bertz CT molecular complexity index is 426. The molecule has 0 bridgehead atoms. The van der Waals surface area contributed by atoms with Crippen LogP contribution in [0.2, 0.25) is 5.02 Å². The summed E-state index contributed by atoms with van der Waals surface area (Å²) in [6.07, 6.45) is 0.759. The van der Waals surface area contributed by atoms with Crippen molar-refractivity contribution in [1.82, 2.24) is 0 Å². The molecule has 0 amide bonds. The van der Waals surface area contributed by atoms with E-state index in [0.29, 0.717) is 23.6 Å². The fourth-order valence-electron chi connectivity index (χ4n) is 1.64. The van der Waals surface area contributed by atoms with Crippen molar-refractivity contribution in [1.29, 1.82) is 0 Å². The first-order chi connectivity index (χ1) is 6.70. The monoisotopic (exact) mass is 208 g/mol. The summed E-state index contributed by atoms with van der Waals surface area (Å²) in [6, 6.07) is 5.42. The second kappa shape index (κ2) is 3.42. The minimum atomic E-state index is 0.143. The quantitative estimate of drug-likeness (QED) is 0.519. The largest absolute Gasteiger partial charge is 0.323 e. The van der Waals surface area contributed by atoms with Gasteiger partial charge in [0, 0.05) is 17.0 Å². The van der Waals surface area contributed by atoms with Gasteiger partial charge in [0.05, 0.1) is 12.1 Å². The Kier molecular flexibility index (Phi) is 2.25. The maximum atomic E-state index is 11.3. The zero-order valence-corrected chi connectivity index (χ0v) is 8.21. The molecule has 3 nitrogen and oxygen atoms in total. The third-order valence-electron chi connectivity index (χ3n) is 2.29. The lowest BCUT2D eigenvalue weighted by molar-refractivity contribution is -0.117. The number of halogens is 1.